The Balaban J connectivity index is 1.74. The van der Waals surface area contributed by atoms with E-state index in [4.69, 9.17) is 11.6 Å². The molecule has 142 valence electrons. The molecule has 0 radical (unpaired) electrons. The van der Waals surface area contributed by atoms with E-state index >= 15 is 0 Å². The highest BCUT2D eigenvalue weighted by Gasteiger charge is 2.33. The molecule has 3 rings (SSSR count). The van der Waals surface area contributed by atoms with Crippen molar-refractivity contribution in [3.63, 3.8) is 0 Å². The van der Waals surface area contributed by atoms with Crippen molar-refractivity contribution < 1.29 is 9.59 Å². The third-order valence-electron chi connectivity index (χ3n) is 4.81. The average molecular weight is 385 g/mol. The van der Waals surface area contributed by atoms with Crippen LogP contribution < -0.4 is 5.32 Å². The van der Waals surface area contributed by atoms with Crippen molar-refractivity contribution in [1.82, 2.24) is 10.2 Å². The molecule has 0 spiro atoms. The van der Waals surface area contributed by atoms with E-state index in [-0.39, 0.29) is 24.3 Å². The predicted octanol–water partition coefficient (Wildman–Crippen LogP) is 4.41. The summed E-state index contributed by atoms with van der Waals surface area (Å²) in [6, 6.07) is 15.5. The van der Waals surface area contributed by atoms with Crippen LogP contribution in [0.4, 0.5) is 0 Å². The number of nitrogens with one attached hydrogen (secondary N) is 1. The first-order valence-corrected chi connectivity index (χ1v) is 9.68. The summed E-state index contributed by atoms with van der Waals surface area (Å²) in [5.74, 6) is -0.0916. The van der Waals surface area contributed by atoms with Crippen LogP contribution in [0.2, 0.25) is 5.02 Å². The quantitative estimate of drug-likeness (QED) is 0.768. The maximum atomic E-state index is 13.1. The number of halogens is 1. The van der Waals surface area contributed by atoms with Crippen LogP contribution >= 0.6 is 11.6 Å². The SMILES string of the molecule is CC(=O)NC(CC(=O)N(Cc1ccc(C)cc1)C1CC1)c1ccc(Cl)cc1. The number of carbonyl (C=O) groups is 2. The van der Waals surface area contributed by atoms with E-state index in [0.717, 1.165) is 24.0 Å². The van der Waals surface area contributed by atoms with Crippen molar-refractivity contribution in [2.45, 2.75) is 51.7 Å². The van der Waals surface area contributed by atoms with Gasteiger partial charge in [0.05, 0.1) is 12.5 Å². The van der Waals surface area contributed by atoms with Gasteiger partial charge in [0, 0.05) is 24.5 Å². The van der Waals surface area contributed by atoms with E-state index in [1.165, 1.54) is 12.5 Å². The first kappa shape index (κ1) is 19.4. The molecule has 1 atom stereocenters. The zero-order valence-corrected chi connectivity index (χ0v) is 16.5. The maximum Gasteiger partial charge on any atom is 0.225 e. The molecule has 1 aliphatic rings. The summed E-state index contributed by atoms with van der Waals surface area (Å²) >= 11 is 5.97. The summed E-state index contributed by atoms with van der Waals surface area (Å²) < 4.78 is 0. The lowest BCUT2D eigenvalue weighted by Gasteiger charge is -2.26. The summed E-state index contributed by atoms with van der Waals surface area (Å²) in [6.07, 6.45) is 2.33. The van der Waals surface area contributed by atoms with Gasteiger partial charge in [0.1, 0.15) is 0 Å². The molecule has 0 aliphatic heterocycles. The third-order valence-corrected chi connectivity index (χ3v) is 5.06. The molecule has 4 nitrogen and oxygen atoms in total. The lowest BCUT2D eigenvalue weighted by molar-refractivity contribution is -0.133. The van der Waals surface area contributed by atoms with Crippen molar-refractivity contribution >= 4 is 23.4 Å². The number of amides is 2. The molecule has 1 aliphatic carbocycles. The van der Waals surface area contributed by atoms with Crippen LogP contribution in [-0.4, -0.2) is 22.8 Å². The highest BCUT2D eigenvalue weighted by molar-refractivity contribution is 6.30. The summed E-state index contributed by atoms with van der Waals surface area (Å²) in [6.45, 7) is 4.13. The normalized spacial score (nSPS) is 14.5. The topological polar surface area (TPSA) is 49.4 Å². The fourth-order valence-electron chi connectivity index (χ4n) is 3.18. The van der Waals surface area contributed by atoms with Gasteiger partial charge in [-0.15, -0.1) is 0 Å². The second-order valence-corrected chi connectivity index (χ2v) is 7.68. The zero-order valence-electron chi connectivity index (χ0n) is 15.7. The standard InChI is InChI=1S/C22H25ClN2O2/c1-15-3-5-17(6-4-15)14-25(20-11-12-20)22(27)13-21(24-16(2)26)18-7-9-19(23)10-8-18/h3-10,20-21H,11-14H2,1-2H3,(H,24,26). The van der Waals surface area contributed by atoms with Crippen LogP contribution in [0.25, 0.3) is 0 Å². The van der Waals surface area contributed by atoms with Crippen molar-refractivity contribution in [2.75, 3.05) is 0 Å². The molecule has 1 N–H and O–H groups in total. The highest BCUT2D eigenvalue weighted by atomic mass is 35.5. The smallest absolute Gasteiger partial charge is 0.225 e. The molecule has 0 aromatic heterocycles. The van der Waals surface area contributed by atoms with E-state index in [2.05, 4.69) is 36.5 Å². The van der Waals surface area contributed by atoms with E-state index in [0.29, 0.717) is 17.6 Å². The summed E-state index contributed by atoms with van der Waals surface area (Å²) in [5, 5.41) is 3.53. The largest absolute Gasteiger partial charge is 0.349 e. The molecule has 1 unspecified atom stereocenters. The number of hydrogen-bond donors (Lipinski definition) is 1. The summed E-state index contributed by atoms with van der Waals surface area (Å²) in [7, 11) is 0. The van der Waals surface area contributed by atoms with Gasteiger partial charge < -0.3 is 10.2 Å². The third kappa shape index (κ3) is 5.57. The van der Waals surface area contributed by atoms with Crippen molar-refractivity contribution in [1.29, 1.82) is 0 Å². The van der Waals surface area contributed by atoms with Crippen molar-refractivity contribution in [3.8, 4) is 0 Å². The second-order valence-electron chi connectivity index (χ2n) is 7.25. The average Bonchev–Trinajstić information content (AvgIpc) is 3.46. The molecule has 2 aromatic rings. The van der Waals surface area contributed by atoms with Gasteiger partial charge in [-0.1, -0.05) is 53.6 Å². The molecule has 27 heavy (non-hydrogen) atoms. The molecule has 1 fully saturated rings. The fourth-order valence-corrected chi connectivity index (χ4v) is 3.31. The van der Waals surface area contributed by atoms with Gasteiger partial charge in [0.15, 0.2) is 0 Å². The molecule has 0 saturated heterocycles. The predicted molar refractivity (Wildman–Crippen MR) is 107 cm³/mol. The number of aryl methyl sites for hydroxylation is 1. The Labute approximate surface area is 165 Å². The number of nitrogens with zero attached hydrogens (tertiary/aromatic N) is 1. The molecule has 5 heteroatoms. The Kier molecular flexibility index (Phi) is 6.17. The Morgan fingerprint density at radius 1 is 1.11 bits per heavy atom. The van der Waals surface area contributed by atoms with Crippen LogP contribution in [0, 0.1) is 6.92 Å². The monoisotopic (exact) mass is 384 g/mol. The number of rotatable bonds is 7. The van der Waals surface area contributed by atoms with Gasteiger partial charge in [0.25, 0.3) is 0 Å². The molecule has 0 bridgehead atoms. The fraction of sp³-hybridized carbons (Fsp3) is 0.364. The Morgan fingerprint density at radius 2 is 1.74 bits per heavy atom. The minimum atomic E-state index is -0.355. The van der Waals surface area contributed by atoms with Crippen molar-refractivity contribution in [2.24, 2.45) is 0 Å². The Morgan fingerprint density at radius 3 is 2.30 bits per heavy atom. The van der Waals surface area contributed by atoms with Crippen molar-refractivity contribution in [3.05, 3.63) is 70.2 Å². The van der Waals surface area contributed by atoms with E-state index in [1.807, 2.05) is 17.0 Å². The van der Waals surface area contributed by atoms with Gasteiger partial charge in [0.2, 0.25) is 11.8 Å². The number of benzene rings is 2. The van der Waals surface area contributed by atoms with Gasteiger partial charge in [-0.05, 0) is 43.0 Å². The Hall–Kier alpha value is -2.33. The molecular weight excluding hydrogens is 360 g/mol. The molecule has 0 heterocycles. The molecule has 1 saturated carbocycles. The first-order chi connectivity index (χ1) is 12.9. The molecular formula is C22H25ClN2O2. The summed E-state index contributed by atoms with van der Waals surface area (Å²) in [4.78, 5) is 26.7. The van der Waals surface area contributed by atoms with E-state index in [9.17, 15) is 9.59 Å². The highest BCUT2D eigenvalue weighted by Crippen LogP contribution is 2.30. The first-order valence-electron chi connectivity index (χ1n) is 9.30. The minimum Gasteiger partial charge on any atom is -0.349 e. The number of carbonyl (C=O) groups excluding carboxylic acids is 2. The number of hydrogen-bond acceptors (Lipinski definition) is 2. The minimum absolute atomic E-state index is 0.0618. The van der Waals surface area contributed by atoms with E-state index < -0.39 is 0 Å². The maximum absolute atomic E-state index is 13.1. The van der Waals surface area contributed by atoms with Crippen LogP contribution in [0.1, 0.15) is 48.9 Å². The van der Waals surface area contributed by atoms with E-state index in [1.54, 1.807) is 12.1 Å². The Bertz CT molecular complexity index is 798. The lowest BCUT2D eigenvalue weighted by Crippen LogP contribution is -2.36. The van der Waals surface area contributed by atoms with Crippen LogP contribution in [0.15, 0.2) is 48.5 Å². The zero-order chi connectivity index (χ0) is 19.4. The van der Waals surface area contributed by atoms with Gasteiger partial charge in [-0.3, -0.25) is 9.59 Å². The van der Waals surface area contributed by atoms with Crippen LogP contribution in [0.3, 0.4) is 0 Å². The van der Waals surface area contributed by atoms with Crippen LogP contribution in [0.5, 0.6) is 0 Å². The summed E-state index contributed by atoms with van der Waals surface area (Å²) in [5.41, 5.74) is 3.22. The van der Waals surface area contributed by atoms with Crippen LogP contribution in [-0.2, 0) is 16.1 Å². The lowest BCUT2D eigenvalue weighted by atomic mass is 10.0. The van der Waals surface area contributed by atoms with Gasteiger partial charge in [-0.25, -0.2) is 0 Å². The second kappa shape index (κ2) is 8.57. The van der Waals surface area contributed by atoms with Gasteiger partial charge >= 0.3 is 0 Å². The molecule has 2 amide bonds. The molecule has 2 aromatic carbocycles. The van der Waals surface area contributed by atoms with Gasteiger partial charge in [-0.2, -0.15) is 0 Å².